The lowest BCUT2D eigenvalue weighted by Crippen LogP contribution is -2.53. The molecular formula is C26H33Cl2N3O5S. The molecule has 1 saturated carbocycles. The lowest BCUT2D eigenvalue weighted by molar-refractivity contribution is -0.139. The van der Waals surface area contributed by atoms with Crippen molar-refractivity contribution in [2.45, 2.75) is 57.7 Å². The molecule has 1 N–H and O–H groups in total. The van der Waals surface area contributed by atoms with Gasteiger partial charge in [-0.2, -0.15) is 0 Å². The predicted molar refractivity (Wildman–Crippen MR) is 147 cm³/mol. The summed E-state index contributed by atoms with van der Waals surface area (Å²) in [6.45, 7) is 1.21. The minimum atomic E-state index is -3.91. The van der Waals surface area contributed by atoms with Gasteiger partial charge in [0.2, 0.25) is 21.8 Å². The number of nitrogens with zero attached hydrogens (tertiary/aromatic N) is 2. The van der Waals surface area contributed by atoms with Crippen molar-refractivity contribution in [1.29, 1.82) is 0 Å². The second-order valence-electron chi connectivity index (χ2n) is 9.25. The van der Waals surface area contributed by atoms with Crippen LogP contribution in [-0.4, -0.2) is 57.1 Å². The molecule has 0 bridgehead atoms. The summed E-state index contributed by atoms with van der Waals surface area (Å²) in [7, 11) is -2.51. The van der Waals surface area contributed by atoms with Gasteiger partial charge in [0.25, 0.3) is 0 Å². The molecule has 0 unspecified atom stereocenters. The summed E-state index contributed by atoms with van der Waals surface area (Å²) in [5, 5.41) is 3.90. The van der Waals surface area contributed by atoms with Gasteiger partial charge in [-0.15, -0.1) is 0 Å². The van der Waals surface area contributed by atoms with E-state index in [1.807, 2.05) is 0 Å². The summed E-state index contributed by atoms with van der Waals surface area (Å²) in [6, 6.07) is 10.7. The van der Waals surface area contributed by atoms with E-state index in [0.29, 0.717) is 5.02 Å². The lowest BCUT2D eigenvalue weighted by atomic mass is 9.95. The Kier molecular flexibility index (Phi) is 10.1. The number of carbonyl (C=O) groups is 2. The van der Waals surface area contributed by atoms with Crippen molar-refractivity contribution in [2.75, 3.05) is 24.2 Å². The molecule has 0 aromatic heterocycles. The maximum absolute atomic E-state index is 13.7. The molecule has 202 valence electrons. The third-order valence-corrected chi connectivity index (χ3v) is 8.09. The molecule has 37 heavy (non-hydrogen) atoms. The normalized spacial score (nSPS) is 15.1. The molecule has 0 heterocycles. The minimum Gasteiger partial charge on any atom is -0.495 e. The summed E-state index contributed by atoms with van der Waals surface area (Å²) in [5.74, 6) is -0.580. The van der Waals surface area contributed by atoms with Gasteiger partial charge in [0.15, 0.2) is 0 Å². The number of halogens is 2. The number of benzene rings is 2. The molecule has 1 aliphatic rings. The van der Waals surface area contributed by atoms with Crippen LogP contribution in [0.2, 0.25) is 10.0 Å². The fourth-order valence-electron chi connectivity index (χ4n) is 4.39. The smallest absolute Gasteiger partial charge is 0.244 e. The molecule has 1 aliphatic carbocycles. The van der Waals surface area contributed by atoms with E-state index in [9.17, 15) is 18.0 Å². The highest BCUT2D eigenvalue weighted by molar-refractivity contribution is 7.92. The summed E-state index contributed by atoms with van der Waals surface area (Å²) < 4.78 is 31.9. The molecule has 2 aromatic rings. The molecule has 2 aromatic carbocycles. The summed E-state index contributed by atoms with van der Waals surface area (Å²) in [6.07, 6.45) is 6.07. The van der Waals surface area contributed by atoms with Gasteiger partial charge >= 0.3 is 0 Å². The van der Waals surface area contributed by atoms with Crippen molar-refractivity contribution >= 4 is 50.7 Å². The van der Waals surface area contributed by atoms with Gasteiger partial charge in [-0.25, -0.2) is 8.42 Å². The minimum absolute atomic E-state index is 0.0689. The van der Waals surface area contributed by atoms with Crippen molar-refractivity contribution in [2.24, 2.45) is 0 Å². The maximum atomic E-state index is 13.7. The molecule has 0 spiro atoms. The number of hydrogen-bond acceptors (Lipinski definition) is 5. The largest absolute Gasteiger partial charge is 0.495 e. The van der Waals surface area contributed by atoms with Crippen molar-refractivity contribution in [1.82, 2.24) is 10.2 Å². The van der Waals surface area contributed by atoms with Crippen LogP contribution < -0.4 is 14.4 Å². The van der Waals surface area contributed by atoms with E-state index in [1.165, 1.54) is 24.1 Å². The van der Waals surface area contributed by atoms with Crippen LogP contribution in [0.25, 0.3) is 0 Å². The number of ether oxygens (including phenoxy) is 1. The van der Waals surface area contributed by atoms with Gasteiger partial charge in [0.1, 0.15) is 18.3 Å². The van der Waals surface area contributed by atoms with Crippen molar-refractivity contribution in [3.63, 3.8) is 0 Å². The van der Waals surface area contributed by atoms with Gasteiger partial charge in [-0.05, 0) is 55.7 Å². The van der Waals surface area contributed by atoms with E-state index in [2.05, 4.69) is 5.32 Å². The predicted octanol–water partition coefficient (Wildman–Crippen LogP) is 4.63. The second-order valence-corrected chi connectivity index (χ2v) is 12.0. The number of methoxy groups -OCH3 is 1. The number of nitrogens with one attached hydrogen (secondary N) is 1. The average Bonchev–Trinajstić information content (AvgIpc) is 2.86. The first-order valence-electron chi connectivity index (χ1n) is 12.1. The van der Waals surface area contributed by atoms with E-state index in [4.69, 9.17) is 27.9 Å². The molecule has 8 nitrogen and oxygen atoms in total. The van der Waals surface area contributed by atoms with Gasteiger partial charge in [-0.3, -0.25) is 13.9 Å². The van der Waals surface area contributed by atoms with Crippen LogP contribution in [0.3, 0.4) is 0 Å². The van der Waals surface area contributed by atoms with Crippen LogP contribution >= 0.6 is 23.2 Å². The lowest BCUT2D eigenvalue weighted by Gasteiger charge is -2.33. The highest BCUT2D eigenvalue weighted by Crippen LogP contribution is 2.33. The summed E-state index contributed by atoms with van der Waals surface area (Å²) in [5.41, 5.74) is 0.887. The molecular weight excluding hydrogens is 537 g/mol. The second kappa shape index (κ2) is 12.8. The van der Waals surface area contributed by atoms with E-state index in [1.54, 1.807) is 37.3 Å². The number of carbonyl (C=O) groups excluding carboxylic acids is 2. The number of hydrogen-bond donors (Lipinski definition) is 1. The topological polar surface area (TPSA) is 96.0 Å². The fraction of sp³-hybridized carbons (Fsp3) is 0.462. The SMILES string of the molecule is COc1ccc(Cl)cc1N(CC(=O)N(Cc1ccc(Cl)cc1)[C@H](C)C(=O)NC1CCCCC1)S(C)(=O)=O. The average molecular weight is 571 g/mol. The molecule has 0 saturated heterocycles. The first kappa shape index (κ1) is 29.1. The zero-order valence-corrected chi connectivity index (χ0v) is 23.6. The monoisotopic (exact) mass is 569 g/mol. The van der Waals surface area contributed by atoms with Gasteiger partial charge < -0.3 is 15.0 Å². The number of sulfonamides is 1. The molecule has 1 fully saturated rings. The van der Waals surface area contributed by atoms with Crippen LogP contribution in [-0.2, 0) is 26.2 Å². The zero-order chi connectivity index (χ0) is 27.2. The Labute approximate surface area is 228 Å². The number of amides is 2. The van der Waals surface area contributed by atoms with Crippen LogP contribution in [0.4, 0.5) is 5.69 Å². The van der Waals surface area contributed by atoms with Crippen LogP contribution in [0.1, 0.15) is 44.6 Å². The molecule has 1 atom stereocenters. The fourth-order valence-corrected chi connectivity index (χ4v) is 5.53. The highest BCUT2D eigenvalue weighted by atomic mass is 35.5. The van der Waals surface area contributed by atoms with Crippen LogP contribution in [0, 0.1) is 0 Å². The quantitative estimate of drug-likeness (QED) is 0.449. The molecule has 11 heteroatoms. The van der Waals surface area contributed by atoms with Crippen molar-refractivity contribution in [3.05, 3.63) is 58.1 Å². The maximum Gasteiger partial charge on any atom is 0.244 e. The van der Waals surface area contributed by atoms with Crippen LogP contribution in [0.5, 0.6) is 5.75 Å². The Bertz CT molecular complexity index is 1200. The standard InChI is InChI=1S/C26H33Cl2N3O5S/c1-18(26(33)29-22-7-5-4-6-8-22)30(16-19-9-11-20(27)12-10-19)25(32)17-31(37(3,34)35)23-15-21(28)13-14-24(23)36-2/h9-15,18,22H,4-8,16-17H2,1-3H3,(H,29,33)/t18-/m1/s1. The molecule has 0 aliphatic heterocycles. The third-order valence-electron chi connectivity index (χ3n) is 6.47. The highest BCUT2D eigenvalue weighted by Gasteiger charge is 2.32. The Morgan fingerprint density at radius 3 is 2.27 bits per heavy atom. The Morgan fingerprint density at radius 2 is 1.68 bits per heavy atom. The van der Waals surface area contributed by atoms with E-state index in [-0.39, 0.29) is 35.0 Å². The van der Waals surface area contributed by atoms with E-state index >= 15 is 0 Å². The van der Waals surface area contributed by atoms with Gasteiger partial charge in [0.05, 0.1) is 19.1 Å². The van der Waals surface area contributed by atoms with E-state index in [0.717, 1.165) is 48.2 Å². The van der Waals surface area contributed by atoms with E-state index < -0.39 is 28.5 Å². The number of rotatable bonds is 10. The first-order valence-corrected chi connectivity index (χ1v) is 14.8. The zero-order valence-electron chi connectivity index (χ0n) is 21.2. The van der Waals surface area contributed by atoms with Gasteiger partial charge in [-0.1, -0.05) is 54.6 Å². The Balaban J connectivity index is 1.91. The molecule has 3 rings (SSSR count). The third kappa shape index (κ3) is 7.99. The van der Waals surface area contributed by atoms with Crippen LogP contribution in [0.15, 0.2) is 42.5 Å². The summed E-state index contributed by atoms with van der Waals surface area (Å²) >= 11 is 12.2. The molecule has 2 amide bonds. The summed E-state index contributed by atoms with van der Waals surface area (Å²) in [4.78, 5) is 28.3. The van der Waals surface area contributed by atoms with Crippen molar-refractivity contribution < 1.29 is 22.7 Å². The Hall–Kier alpha value is -2.49. The number of anilines is 1. The van der Waals surface area contributed by atoms with Crippen molar-refractivity contribution in [3.8, 4) is 5.75 Å². The van der Waals surface area contributed by atoms with Gasteiger partial charge in [0, 0.05) is 22.6 Å². The molecule has 0 radical (unpaired) electrons. The Morgan fingerprint density at radius 1 is 1.05 bits per heavy atom. The first-order chi connectivity index (χ1) is 17.5.